The predicted octanol–water partition coefficient (Wildman–Crippen LogP) is 5.05. The van der Waals surface area contributed by atoms with Gasteiger partial charge in [0.05, 0.1) is 17.8 Å². The monoisotopic (exact) mass is 424 g/mol. The van der Waals surface area contributed by atoms with Crippen molar-refractivity contribution in [1.82, 2.24) is 0 Å². The smallest absolute Gasteiger partial charge is 0.335 e. The number of halogens is 2. The fraction of sp³-hybridized carbons (Fsp3) is 0.130. The summed E-state index contributed by atoms with van der Waals surface area (Å²) >= 11 is 6.28. The molecule has 152 valence electrons. The Balaban J connectivity index is 1.73. The number of carbonyl (C=O) groups is 2. The molecule has 0 aromatic heterocycles. The number of hydrogen-bond acceptors (Lipinski definition) is 3. The molecule has 1 aliphatic rings. The third-order valence-corrected chi connectivity index (χ3v) is 5.64. The van der Waals surface area contributed by atoms with Crippen LogP contribution in [0.5, 0.6) is 0 Å². The highest BCUT2D eigenvalue weighted by atomic mass is 35.5. The number of carbonyl (C=O) groups excluding carboxylic acids is 1. The fourth-order valence-corrected chi connectivity index (χ4v) is 3.89. The van der Waals surface area contributed by atoms with Crippen LogP contribution in [0.3, 0.4) is 0 Å². The highest BCUT2D eigenvalue weighted by molar-refractivity contribution is 6.31. The molecule has 0 saturated heterocycles. The standard InChI is InChI=1S/C23H18ClFN2O3/c1-23(26-17-9-6-14(7-10-17)21(28)29)18-12-16(25)8-11-20(18)27(22(23)30)13-15-4-2-3-5-19(15)24/h2-12,26H,13H2,1H3,(H,28,29). The van der Waals surface area contributed by atoms with Crippen LogP contribution in [-0.2, 0) is 16.9 Å². The highest BCUT2D eigenvalue weighted by Crippen LogP contribution is 2.43. The van der Waals surface area contributed by atoms with Crippen LogP contribution in [0.1, 0.15) is 28.4 Å². The molecule has 0 bridgehead atoms. The first-order valence-electron chi connectivity index (χ1n) is 9.26. The third kappa shape index (κ3) is 3.39. The Bertz CT molecular complexity index is 1150. The van der Waals surface area contributed by atoms with E-state index in [9.17, 15) is 14.0 Å². The largest absolute Gasteiger partial charge is 0.478 e. The number of nitrogens with one attached hydrogen (secondary N) is 1. The SMILES string of the molecule is CC1(Nc2ccc(C(=O)O)cc2)C(=O)N(Cc2ccccc2Cl)c2ccc(F)cc21. The number of amides is 1. The number of rotatable bonds is 5. The number of aromatic carboxylic acids is 1. The van der Waals surface area contributed by atoms with E-state index in [0.29, 0.717) is 22.0 Å². The maximum Gasteiger partial charge on any atom is 0.335 e. The molecule has 3 aromatic rings. The van der Waals surface area contributed by atoms with Crippen molar-refractivity contribution in [3.63, 3.8) is 0 Å². The first-order valence-corrected chi connectivity index (χ1v) is 9.64. The molecule has 1 atom stereocenters. The van der Waals surface area contributed by atoms with Gasteiger partial charge in [0.25, 0.3) is 5.91 Å². The van der Waals surface area contributed by atoms with E-state index in [2.05, 4.69) is 5.32 Å². The van der Waals surface area contributed by atoms with Crippen molar-refractivity contribution in [2.45, 2.75) is 19.0 Å². The molecule has 0 aliphatic carbocycles. The van der Waals surface area contributed by atoms with Crippen molar-refractivity contribution in [2.75, 3.05) is 10.2 Å². The fourth-order valence-electron chi connectivity index (χ4n) is 3.70. The van der Waals surface area contributed by atoms with Gasteiger partial charge in [-0.25, -0.2) is 9.18 Å². The summed E-state index contributed by atoms with van der Waals surface area (Å²) in [5.74, 6) is -1.75. The van der Waals surface area contributed by atoms with Crippen molar-refractivity contribution in [3.8, 4) is 0 Å². The number of carboxylic acid groups (broad SMARTS) is 1. The molecule has 3 aromatic carbocycles. The Kier molecular flexibility index (Phi) is 4.95. The maximum atomic E-state index is 14.1. The average molecular weight is 425 g/mol. The number of carboxylic acids is 1. The molecule has 1 amide bonds. The molecular weight excluding hydrogens is 407 g/mol. The summed E-state index contributed by atoms with van der Waals surface area (Å²) in [6.45, 7) is 1.93. The van der Waals surface area contributed by atoms with E-state index >= 15 is 0 Å². The predicted molar refractivity (Wildman–Crippen MR) is 113 cm³/mol. The third-order valence-electron chi connectivity index (χ3n) is 5.27. The van der Waals surface area contributed by atoms with Gasteiger partial charge in [-0.2, -0.15) is 0 Å². The van der Waals surface area contributed by atoms with Crippen LogP contribution in [-0.4, -0.2) is 17.0 Å². The first kappa shape index (κ1) is 19.9. The Labute approximate surface area is 177 Å². The highest BCUT2D eigenvalue weighted by Gasteiger charge is 2.48. The number of hydrogen-bond donors (Lipinski definition) is 2. The molecule has 1 aliphatic heterocycles. The van der Waals surface area contributed by atoms with Crippen LogP contribution >= 0.6 is 11.6 Å². The van der Waals surface area contributed by atoms with Gasteiger partial charge in [-0.3, -0.25) is 4.79 Å². The van der Waals surface area contributed by atoms with Crippen LogP contribution in [0.15, 0.2) is 66.7 Å². The topological polar surface area (TPSA) is 69.6 Å². The summed E-state index contributed by atoms with van der Waals surface area (Å²) in [7, 11) is 0. The Hall–Kier alpha value is -3.38. The van der Waals surface area contributed by atoms with Gasteiger partial charge in [-0.05, 0) is 61.0 Å². The molecular formula is C23H18ClFN2O3. The molecule has 2 N–H and O–H groups in total. The molecule has 7 heteroatoms. The summed E-state index contributed by atoms with van der Waals surface area (Å²) in [5.41, 5.74) is 1.32. The second-order valence-electron chi connectivity index (χ2n) is 7.28. The van der Waals surface area contributed by atoms with Crippen LogP contribution in [0.25, 0.3) is 0 Å². The quantitative estimate of drug-likeness (QED) is 0.601. The second kappa shape index (κ2) is 7.46. The van der Waals surface area contributed by atoms with E-state index in [1.54, 1.807) is 36.1 Å². The summed E-state index contributed by atoms with van der Waals surface area (Å²) < 4.78 is 14.1. The molecule has 30 heavy (non-hydrogen) atoms. The lowest BCUT2D eigenvalue weighted by atomic mass is 9.93. The maximum absolute atomic E-state index is 14.1. The number of anilines is 2. The van der Waals surface area contributed by atoms with E-state index in [1.165, 1.54) is 24.3 Å². The van der Waals surface area contributed by atoms with E-state index in [-0.39, 0.29) is 18.0 Å². The van der Waals surface area contributed by atoms with Crippen molar-refractivity contribution < 1.29 is 19.1 Å². The Morgan fingerprint density at radius 1 is 1.13 bits per heavy atom. The van der Waals surface area contributed by atoms with E-state index in [0.717, 1.165) is 5.56 Å². The summed E-state index contributed by atoms with van der Waals surface area (Å²) in [4.78, 5) is 26.2. The molecule has 0 saturated carbocycles. The van der Waals surface area contributed by atoms with Crippen LogP contribution in [0, 0.1) is 5.82 Å². The van der Waals surface area contributed by atoms with Gasteiger partial charge < -0.3 is 15.3 Å². The molecule has 4 rings (SSSR count). The Morgan fingerprint density at radius 2 is 1.83 bits per heavy atom. The minimum atomic E-state index is -1.23. The van der Waals surface area contributed by atoms with Gasteiger partial charge >= 0.3 is 5.97 Å². The number of benzene rings is 3. The van der Waals surface area contributed by atoms with E-state index < -0.39 is 17.3 Å². The van der Waals surface area contributed by atoms with Gasteiger partial charge in [0, 0.05) is 16.3 Å². The minimum Gasteiger partial charge on any atom is -0.478 e. The Morgan fingerprint density at radius 3 is 2.50 bits per heavy atom. The molecule has 1 heterocycles. The molecule has 0 fully saturated rings. The zero-order chi connectivity index (χ0) is 21.5. The lowest BCUT2D eigenvalue weighted by Gasteiger charge is -2.27. The first-order chi connectivity index (χ1) is 14.3. The summed E-state index contributed by atoms with van der Waals surface area (Å²) in [6.07, 6.45) is 0. The minimum absolute atomic E-state index is 0.134. The molecule has 0 spiro atoms. The molecule has 0 radical (unpaired) electrons. The van der Waals surface area contributed by atoms with Gasteiger partial charge in [-0.15, -0.1) is 0 Å². The van der Waals surface area contributed by atoms with E-state index in [4.69, 9.17) is 16.7 Å². The van der Waals surface area contributed by atoms with Gasteiger partial charge in [-0.1, -0.05) is 29.8 Å². The zero-order valence-electron chi connectivity index (χ0n) is 16.0. The van der Waals surface area contributed by atoms with Crippen molar-refractivity contribution in [1.29, 1.82) is 0 Å². The molecule has 5 nitrogen and oxygen atoms in total. The molecule has 1 unspecified atom stereocenters. The zero-order valence-corrected chi connectivity index (χ0v) is 16.8. The van der Waals surface area contributed by atoms with Gasteiger partial charge in [0.1, 0.15) is 11.4 Å². The van der Waals surface area contributed by atoms with Crippen molar-refractivity contribution >= 4 is 34.9 Å². The van der Waals surface area contributed by atoms with Crippen molar-refractivity contribution in [2.24, 2.45) is 0 Å². The summed E-state index contributed by atoms with van der Waals surface area (Å²) in [5, 5.41) is 12.8. The number of nitrogens with zero attached hydrogens (tertiary/aromatic N) is 1. The average Bonchev–Trinajstić information content (AvgIpc) is 2.91. The summed E-state index contributed by atoms with van der Waals surface area (Å²) in [6, 6.07) is 17.6. The van der Waals surface area contributed by atoms with Crippen molar-refractivity contribution in [3.05, 3.63) is 94.3 Å². The van der Waals surface area contributed by atoms with Gasteiger partial charge in [0.2, 0.25) is 0 Å². The van der Waals surface area contributed by atoms with Crippen LogP contribution in [0.4, 0.5) is 15.8 Å². The van der Waals surface area contributed by atoms with Gasteiger partial charge in [0.15, 0.2) is 0 Å². The van der Waals surface area contributed by atoms with Crippen LogP contribution < -0.4 is 10.2 Å². The number of fused-ring (bicyclic) bond motifs is 1. The second-order valence-corrected chi connectivity index (χ2v) is 7.68. The van der Waals surface area contributed by atoms with E-state index in [1.807, 2.05) is 18.2 Å². The lowest BCUT2D eigenvalue weighted by Crippen LogP contribution is -2.43. The lowest BCUT2D eigenvalue weighted by molar-refractivity contribution is -0.121. The van der Waals surface area contributed by atoms with Crippen LogP contribution in [0.2, 0.25) is 5.02 Å². The normalized spacial score (nSPS) is 17.7.